The van der Waals surface area contributed by atoms with Crippen LogP contribution in [0.25, 0.3) is 0 Å². The normalized spacial score (nSPS) is 9.29. The van der Waals surface area contributed by atoms with E-state index < -0.39 is 0 Å². The number of hydrazine groups is 1. The van der Waals surface area contributed by atoms with E-state index >= 15 is 0 Å². The summed E-state index contributed by atoms with van der Waals surface area (Å²) in [5, 5.41) is 0. The molecule has 0 bridgehead atoms. The number of rotatable bonds is 3. The van der Waals surface area contributed by atoms with Crippen LogP contribution in [0.5, 0.6) is 11.5 Å². The van der Waals surface area contributed by atoms with E-state index in [-0.39, 0.29) is 12.4 Å². The second-order valence-corrected chi connectivity index (χ2v) is 3.59. The molecule has 2 aromatic carbocycles. The first-order valence-corrected chi connectivity index (χ1v) is 5.09. The topological polar surface area (TPSA) is 47.3 Å². The Kier molecular flexibility index (Phi) is 4.82. The summed E-state index contributed by atoms with van der Waals surface area (Å²) in [7, 11) is 0. The highest BCUT2D eigenvalue weighted by atomic mass is 35.5. The second-order valence-electron chi connectivity index (χ2n) is 3.59. The predicted molar refractivity (Wildman–Crippen MR) is 72.8 cm³/mol. The van der Waals surface area contributed by atoms with Crippen LogP contribution in [0.1, 0.15) is 5.56 Å². The van der Waals surface area contributed by atoms with E-state index in [0.717, 1.165) is 17.2 Å². The zero-order valence-corrected chi connectivity index (χ0v) is 10.3. The van der Waals surface area contributed by atoms with Crippen LogP contribution in [0.2, 0.25) is 0 Å². The number of halogens is 1. The largest absolute Gasteiger partial charge is 0.457 e. The summed E-state index contributed by atoms with van der Waals surface area (Å²) in [6.07, 6.45) is 0. The zero-order valence-electron chi connectivity index (χ0n) is 9.51. The van der Waals surface area contributed by atoms with Gasteiger partial charge >= 0.3 is 0 Å². The fourth-order valence-corrected chi connectivity index (χ4v) is 1.43. The third-order valence-corrected chi connectivity index (χ3v) is 2.25. The molecule has 0 saturated heterocycles. The Labute approximate surface area is 107 Å². The second kappa shape index (κ2) is 6.13. The molecule has 0 aliphatic rings. The Bertz CT molecular complexity index is 471. The molecule has 3 nitrogen and oxygen atoms in total. The van der Waals surface area contributed by atoms with Crippen molar-refractivity contribution < 1.29 is 4.74 Å². The maximum atomic E-state index is 5.69. The van der Waals surface area contributed by atoms with E-state index in [1.807, 2.05) is 55.5 Å². The van der Waals surface area contributed by atoms with Crippen LogP contribution in [-0.4, -0.2) is 0 Å². The van der Waals surface area contributed by atoms with Gasteiger partial charge in [-0.2, -0.15) is 0 Å². The van der Waals surface area contributed by atoms with Crippen LogP contribution >= 0.6 is 12.4 Å². The number of ether oxygens (including phenoxy) is 1. The first-order valence-electron chi connectivity index (χ1n) is 5.09. The fraction of sp³-hybridized carbons (Fsp3) is 0.0769. The molecule has 0 heterocycles. The monoisotopic (exact) mass is 250 g/mol. The lowest BCUT2D eigenvalue weighted by molar-refractivity contribution is 0.482. The number of hydrogen-bond donors (Lipinski definition) is 2. The van der Waals surface area contributed by atoms with E-state index in [4.69, 9.17) is 10.6 Å². The number of nitrogens with one attached hydrogen (secondary N) is 1. The molecule has 17 heavy (non-hydrogen) atoms. The van der Waals surface area contributed by atoms with Gasteiger partial charge in [-0.15, -0.1) is 12.4 Å². The van der Waals surface area contributed by atoms with Gasteiger partial charge in [0.2, 0.25) is 0 Å². The number of anilines is 1. The fourth-order valence-electron chi connectivity index (χ4n) is 1.43. The molecule has 4 heteroatoms. The number of nitrogen functional groups attached to an aromatic ring is 1. The van der Waals surface area contributed by atoms with Crippen molar-refractivity contribution in [3.63, 3.8) is 0 Å². The smallest absolute Gasteiger partial charge is 0.127 e. The van der Waals surface area contributed by atoms with E-state index in [2.05, 4.69) is 5.43 Å². The van der Waals surface area contributed by atoms with Crippen molar-refractivity contribution in [1.82, 2.24) is 0 Å². The molecule has 0 aromatic heterocycles. The van der Waals surface area contributed by atoms with Crippen molar-refractivity contribution in [2.24, 2.45) is 5.84 Å². The van der Waals surface area contributed by atoms with Gasteiger partial charge in [0.25, 0.3) is 0 Å². The summed E-state index contributed by atoms with van der Waals surface area (Å²) in [6.45, 7) is 2.04. The summed E-state index contributed by atoms with van der Waals surface area (Å²) < 4.78 is 5.69. The molecule has 0 aliphatic carbocycles. The van der Waals surface area contributed by atoms with Gasteiger partial charge in [0.15, 0.2) is 0 Å². The molecule has 0 aliphatic heterocycles. The minimum atomic E-state index is 0. The third kappa shape index (κ3) is 3.66. The van der Waals surface area contributed by atoms with Crippen LogP contribution < -0.4 is 16.0 Å². The van der Waals surface area contributed by atoms with Crippen molar-refractivity contribution in [1.29, 1.82) is 0 Å². The van der Waals surface area contributed by atoms with Gasteiger partial charge in [-0.25, -0.2) is 0 Å². The molecule has 2 aromatic rings. The summed E-state index contributed by atoms with van der Waals surface area (Å²) in [5.74, 6) is 6.92. The quantitative estimate of drug-likeness (QED) is 0.648. The average molecular weight is 251 g/mol. The Hall–Kier alpha value is -1.71. The van der Waals surface area contributed by atoms with E-state index in [9.17, 15) is 0 Å². The van der Waals surface area contributed by atoms with Gasteiger partial charge in [-0.1, -0.05) is 12.1 Å². The zero-order chi connectivity index (χ0) is 11.4. The van der Waals surface area contributed by atoms with Crippen molar-refractivity contribution in [3.8, 4) is 11.5 Å². The molecular formula is C13H15ClN2O. The summed E-state index contributed by atoms with van der Waals surface area (Å²) in [6, 6.07) is 15.4. The molecule has 0 radical (unpaired) electrons. The number of benzene rings is 2. The molecule has 0 amide bonds. The highest BCUT2D eigenvalue weighted by Crippen LogP contribution is 2.23. The first-order chi connectivity index (χ1) is 7.78. The van der Waals surface area contributed by atoms with Crippen molar-refractivity contribution >= 4 is 18.1 Å². The van der Waals surface area contributed by atoms with Crippen LogP contribution in [0.3, 0.4) is 0 Å². The van der Waals surface area contributed by atoms with E-state index in [1.165, 1.54) is 5.56 Å². The maximum absolute atomic E-state index is 5.69. The molecular weight excluding hydrogens is 236 g/mol. The highest BCUT2D eigenvalue weighted by Gasteiger charge is 1.97. The first kappa shape index (κ1) is 13.4. The molecule has 90 valence electrons. The van der Waals surface area contributed by atoms with Crippen molar-refractivity contribution in [2.45, 2.75) is 6.92 Å². The Morgan fingerprint density at radius 2 is 1.71 bits per heavy atom. The minimum absolute atomic E-state index is 0. The number of nitrogens with two attached hydrogens (primary N) is 1. The molecule has 0 unspecified atom stereocenters. The van der Waals surface area contributed by atoms with Crippen molar-refractivity contribution in [2.75, 3.05) is 5.43 Å². The maximum Gasteiger partial charge on any atom is 0.127 e. The van der Waals surface area contributed by atoms with Gasteiger partial charge < -0.3 is 10.2 Å². The van der Waals surface area contributed by atoms with Crippen LogP contribution in [0.15, 0.2) is 48.5 Å². The minimum Gasteiger partial charge on any atom is -0.457 e. The highest BCUT2D eigenvalue weighted by molar-refractivity contribution is 5.85. The SMILES string of the molecule is Cc1cccc(Oc2ccc(NN)cc2)c1.Cl. The van der Waals surface area contributed by atoms with E-state index in [0.29, 0.717) is 0 Å². The third-order valence-electron chi connectivity index (χ3n) is 2.25. The summed E-state index contributed by atoms with van der Waals surface area (Å²) >= 11 is 0. The van der Waals surface area contributed by atoms with E-state index in [1.54, 1.807) is 0 Å². The van der Waals surface area contributed by atoms with Crippen LogP contribution in [-0.2, 0) is 0 Å². The molecule has 0 atom stereocenters. The lowest BCUT2D eigenvalue weighted by Crippen LogP contribution is -2.05. The summed E-state index contributed by atoms with van der Waals surface area (Å²) in [4.78, 5) is 0. The van der Waals surface area contributed by atoms with Crippen molar-refractivity contribution in [3.05, 3.63) is 54.1 Å². The molecule has 3 N–H and O–H groups in total. The molecule has 2 rings (SSSR count). The standard InChI is InChI=1S/C13H14N2O.ClH/c1-10-3-2-4-13(9-10)16-12-7-5-11(15-14)6-8-12;/h2-9,15H,14H2,1H3;1H. The van der Waals surface area contributed by atoms with Gasteiger partial charge in [-0.05, 0) is 48.9 Å². The number of hydrogen-bond acceptors (Lipinski definition) is 3. The molecule has 0 spiro atoms. The predicted octanol–water partition coefficient (Wildman–Crippen LogP) is 3.49. The molecule has 0 fully saturated rings. The molecule has 0 saturated carbocycles. The number of aryl methyl sites for hydroxylation is 1. The Balaban J connectivity index is 0.00000144. The van der Waals surface area contributed by atoms with Crippen LogP contribution in [0, 0.1) is 6.92 Å². The Morgan fingerprint density at radius 3 is 2.29 bits per heavy atom. The lowest BCUT2D eigenvalue weighted by atomic mass is 10.2. The Morgan fingerprint density at radius 1 is 1.00 bits per heavy atom. The lowest BCUT2D eigenvalue weighted by Gasteiger charge is -2.07. The van der Waals surface area contributed by atoms with Gasteiger partial charge in [0, 0.05) is 5.69 Å². The van der Waals surface area contributed by atoms with Gasteiger partial charge in [-0.3, -0.25) is 5.84 Å². The van der Waals surface area contributed by atoms with Gasteiger partial charge in [0.1, 0.15) is 11.5 Å². The average Bonchev–Trinajstić information content (AvgIpc) is 2.30. The van der Waals surface area contributed by atoms with Crippen LogP contribution in [0.4, 0.5) is 5.69 Å². The van der Waals surface area contributed by atoms with Gasteiger partial charge in [0.05, 0.1) is 0 Å². The summed E-state index contributed by atoms with van der Waals surface area (Å²) in [5.41, 5.74) is 4.61.